The first-order chi connectivity index (χ1) is 8.80. The van der Waals surface area contributed by atoms with Crippen LogP contribution in [0.1, 0.15) is 89.9 Å². The van der Waals surface area contributed by atoms with Gasteiger partial charge in [-0.25, -0.2) is 0 Å². The maximum atomic E-state index is 11.7. The number of carbonyl (C=O) groups is 1. The van der Waals surface area contributed by atoms with Crippen LogP contribution >= 0.6 is 0 Å². The van der Waals surface area contributed by atoms with E-state index >= 15 is 0 Å². The molecular weight excluding hydrogens is 224 g/mol. The van der Waals surface area contributed by atoms with Crippen molar-refractivity contribution in [3.63, 3.8) is 0 Å². The summed E-state index contributed by atoms with van der Waals surface area (Å²) in [5, 5.41) is 9.74. The molecule has 1 atom stereocenters. The summed E-state index contributed by atoms with van der Waals surface area (Å²) >= 11 is 0. The van der Waals surface area contributed by atoms with Gasteiger partial charge in [0.05, 0.1) is 0 Å². The summed E-state index contributed by atoms with van der Waals surface area (Å²) in [6.45, 7) is 0. The van der Waals surface area contributed by atoms with Gasteiger partial charge in [-0.05, 0) is 12.8 Å². The molecule has 1 aliphatic carbocycles. The summed E-state index contributed by atoms with van der Waals surface area (Å²) in [4.78, 5) is 11.7. The van der Waals surface area contributed by atoms with Gasteiger partial charge in [0.25, 0.3) is 0 Å². The SMILES string of the molecule is O=C1CCCCCCCCCCCCCCC1O. The first-order valence-electron chi connectivity index (χ1n) is 8.01. The molecule has 1 N–H and O–H groups in total. The van der Waals surface area contributed by atoms with Crippen LogP contribution in [-0.4, -0.2) is 17.0 Å². The highest BCUT2D eigenvalue weighted by molar-refractivity contribution is 5.82. The molecule has 0 amide bonds. The van der Waals surface area contributed by atoms with Gasteiger partial charge in [0, 0.05) is 6.42 Å². The average molecular weight is 254 g/mol. The molecule has 0 aromatic carbocycles. The van der Waals surface area contributed by atoms with E-state index in [1.807, 2.05) is 0 Å². The first-order valence-corrected chi connectivity index (χ1v) is 8.01. The Kier molecular flexibility index (Phi) is 9.19. The number of aliphatic hydroxyl groups excluding tert-OH is 1. The lowest BCUT2D eigenvalue weighted by Crippen LogP contribution is -2.19. The van der Waals surface area contributed by atoms with Gasteiger partial charge in [-0.15, -0.1) is 0 Å². The molecule has 0 aromatic heterocycles. The van der Waals surface area contributed by atoms with E-state index in [2.05, 4.69) is 0 Å². The van der Waals surface area contributed by atoms with E-state index in [0.717, 1.165) is 19.3 Å². The molecule has 0 saturated heterocycles. The zero-order valence-electron chi connectivity index (χ0n) is 11.8. The van der Waals surface area contributed by atoms with E-state index in [4.69, 9.17) is 0 Å². The molecular formula is C16H30O2. The summed E-state index contributed by atoms with van der Waals surface area (Å²) < 4.78 is 0. The fourth-order valence-corrected chi connectivity index (χ4v) is 2.73. The highest BCUT2D eigenvalue weighted by Crippen LogP contribution is 2.15. The van der Waals surface area contributed by atoms with Crippen LogP contribution in [0, 0.1) is 0 Å². The number of rotatable bonds is 0. The van der Waals surface area contributed by atoms with Crippen molar-refractivity contribution < 1.29 is 9.90 Å². The molecule has 0 heterocycles. The van der Waals surface area contributed by atoms with Gasteiger partial charge in [-0.3, -0.25) is 4.79 Å². The smallest absolute Gasteiger partial charge is 0.161 e. The third kappa shape index (κ3) is 7.86. The van der Waals surface area contributed by atoms with Crippen LogP contribution in [0.3, 0.4) is 0 Å². The van der Waals surface area contributed by atoms with E-state index in [1.54, 1.807) is 0 Å². The second-order valence-electron chi connectivity index (χ2n) is 5.76. The van der Waals surface area contributed by atoms with Crippen LogP contribution < -0.4 is 0 Å². The number of hydrogen-bond donors (Lipinski definition) is 1. The van der Waals surface area contributed by atoms with Crippen molar-refractivity contribution in [2.24, 2.45) is 0 Å². The van der Waals surface area contributed by atoms with Crippen LogP contribution in [0.5, 0.6) is 0 Å². The zero-order chi connectivity index (χ0) is 13.1. The third-order valence-electron chi connectivity index (χ3n) is 4.02. The number of hydrogen-bond acceptors (Lipinski definition) is 2. The fraction of sp³-hybridized carbons (Fsp3) is 0.938. The Morgan fingerprint density at radius 3 is 1.56 bits per heavy atom. The summed E-state index contributed by atoms with van der Waals surface area (Å²) in [7, 11) is 0. The van der Waals surface area contributed by atoms with Gasteiger partial charge >= 0.3 is 0 Å². The maximum absolute atomic E-state index is 11.7. The van der Waals surface area contributed by atoms with Gasteiger partial charge < -0.3 is 5.11 Å². The summed E-state index contributed by atoms with van der Waals surface area (Å²) in [6, 6.07) is 0. The normalized spacial score (nSPS) is 26.9. The van der Waals surface area contributed by atoms with Gasteiger partial charge in [-0.1, -0.05) is 70.6 Å². The Morgan fingerprint density at radius 2 is 1.06 bits per heavy atom. The summed E-state index contributed by atoms with van der Waals surface area (Å²) in [6.07, 6.45) is 15.5. The van der Waals surface area contributed by atoms with Gasteiger partial charge in [-0.2, -0.15) is 0 Å². The average Bonchev–Trinajstić information content (AvgIpc) is 2.37. The Balaban J connectivity index is 2.22. The van der Waals surface area contributed by atoms with E-state index in [9.17, 15) is 9.90 Å². The van der Waals surface area contributed by atoms with Gasteiger partial charge in [0.1, 0.15) is 6.10 Å². The lowest BCUT2D eigenvalue weighted by atomic mass is 9.99. The molecule has 0 aliphatic heterocycles. The minimum Gasteiger partial charge on any atom is -0.385 e. The van der Waals surface area contributed by atoms with E-state index in [1.165, 1.54) is 57.8 Å². The maximum Gasteiger partial charge on any atom is 0.161 e. The fourth-order valence-electron chi connectivity index (χ4n) is 2.73. The van der Waals surface area contributed by atoms with Crippen molar-refractivity contribution in [2.75, 3.05) is 0 Å². The zero-order valence-corrected chi connectivity index (χ0v) is 11.8. The van der Waals surface area contributed by atoms with Gasteiger partial charge in [0.15, 0.2) is 5.78 Å². The van der Waals surface area contributed by atoms with Crippen LogP contribution in [-0.2, 0) is 4.79 Å². The number of carbonyl (C=O) groups excluding carboxylic acids is 1. The standard InChI is InChI=1S/C16H30O2/c17-15-13-11-9-7-5-3-1-2-4-6-8-10-12-14-16(15)18/h15,17H,1-14H2. The largest absolute Gasteiger partial charge is 0.385 e. The first kappa shape index (κ1) is 15.7. The lowest BCUT2D eigenvalue weighted by molar-refractivity contribution is -0.127. The lowest BCUT2D eigenvalue weighted by Gasteiger charge is -2.10. The molecule has 1 rings (SSSR count). The van der Waals surface area contributed by atoms with Crippen molar-refractivity contribution in [3.05, 3.63) is 0 Å². The van der Waals surface area contributed by atoms with E-state index in [0.29, 0.717) is 12.8 Å². The van der Waals surface area contributed by atoms with Crippen LogP contribution in [0.25, 0.3) is 0 Å². The predicted molar refractivity (Wildman–Crippen MR) is 75.7 cm³/mol. The monoisotopic (exact) mass is 254 g/mol. The minimum absolute atomic E-state index is 0.0714. The molecule has 106 valence electrons. The molecule has 0 bridgehead atoms. The molecule has 1 unspecified atom stereocenters. The van der Waals surface area contributed by atoms with E-state index in [-0.39, 0.29) is 5.78 Å². The number of ketones is 1. The van der Waals surface area contributed by atoms with Crippen LogP contribution in [0.4, 0.5) is 0 Å². The van der Waals surface area contributed by atoms with Crippen molar-refractivity contribution in [2.45, 2.75) is 96.0 Å². The summed E-state index contributed by atoms with van der Waals surface area (Å²) in [5.74, 6) is 0.0714. The molecule has 0 spiro atoms. The highest BCUT2D eigenvalue weighted by atomic mass is 16.3. The van der Waals surface area contributed by atoms with E-state index < -0.39 is 6.10 Å². The summed E-state index contributed by atoms with van der Waals surface area (Å²) in [5.41, 5.74) is 0. The molecule has 2 nitrogen and oxygen atoms in total. The van der Waals surface area contributed by atoms with Gasteiger partial charge in [0.2, 0.25) is 0 Å². The topological polar surface area (TPSA) is 37.3 Å². The van der Waals surface area contributed by atoms with Crippen molar-refractivity contribution in [1.82, 2.24) is 0 Å². The molecule has 0 radical (unpaired) electrons. The number of Topliss-reactive ketones (excluding diaryl/α,β-unsaturated/α-hetero) is 1. The molecule has 2 heteroatoms. The van der Waals surface area contributed by atoms with Crippen LogP contribution in [0.15, 0.2) is 0 Å². The number of aliphatic hydroxyl groups is 1. The van der Waals surface area contributed by atoms with Crippen LogP contribution in [0.2, 0.25) is 0 Å². The Morgan fingerprint density at radius 1 is 0.667 bits per heavy atom. The second-order valence-corrected chi connectivity index (χ2v) is 5.76. The highest BCUT2D eigenvalue weighted by Gasteiger charge is 2.13. The third-order valence-corrected chi connectivity index (χ3v) is 4.02. The van der Waals surface area contributed by atoms with Crippen molar-refractivity contribution >= 4 is 5.78 Å². The Hall–Kier alpha value is -0.370. The van der Waals surface area contributed by atoms with Crippen molar-refractivity contribution in [1.29, 1.82) is 0 Å². The Labute approximate surface area is 112 Å². The molecule has 0 aromatic rings. The Bertz CT molecular complexity index is 213. The van der Waals surface area contributed by atoms with Crippen molar-refractivity contribution in [3.8, 4) is 0 Å². The quantitative estimate of drug-likeness (QED) is 0.696. The molecule has 1 aliphatic rings. The minimum atomic E-state index is -0.682. The molecule has 1 fully saturated rings. The predicted octanol–water partition coefficient (Wildman–Crippen LogP) is 4.39. The molecule has 18 heavy (non-hydrogen) atoms. The second kappa shape index (κ2) is 10.5. The molecule has 1 saturated carbocycles.